The van der Waals surface area contributed by atoms with E-state index in [1.165, 1.54) is 25.3 Å². The number of thioether (sulfide) groups is 1. The van der Waals surface area contributed by atoms with Crippen LogP contribution in [0.5, 0.6) is 0 Å². The zero-order chi connectivity index (χ0) is 26.1. The van der Waals surface area contributed by atoms with Gasteiger partial charge in [0.2, 0.25) is 5.91 Å². The Hall–Kier alpha value is -4.14. The van der Waals surface area contributed by atoms with Gasteiger partial charge in [-0.15, -0.1) is 0 Å². The summed E-state index contributed by atoms with van der Waals surface area (Å²) >= 11 is 6.81. The van der Waals surface area contributed by atoms with Crippen molar-refractivity contribution in [1.82, 2.24) is 4.90 Å². The minimum absolute atomic E-state index is 0.0818. The van der Waals surface area contributed by atoms with Crippen molar-refractivity contribution in [3.05, 3.63) is 93.9 Å². The van der Waals surface area contributed by atoms with Gasteiger partial charge in [-0.1, -0.05) is 60.1 Å². The minimum Gasteiger partial charge on any atom is -0.465 e. The highest BCUT2D eigenvalue weighted by atomic mass is 35.5. The Labute approximate surface area is 221 Å². The second-order valence-corrected chi connectivity index (χ2v) is 9.64. The first-order chi connectivity index (χ1) is 17.9. The van der Waals surface area contributed by atoms with Crippen molar-refractivity contribution in [1.29, 1.82) is 0 Å². The van der Waals surface area contributed by atoms with E-state index in [2.05, 4.69) is 16.1 Å². The molecule has 0 radical (unpaired) electrons. The molecule has 0 bridgehead atoms. The number of nitrogens with zero attached hydrogens (tertiary/aromatic N) is 1. The van der Waals surface area contributed by atoms with E-state index in [0.717, 1.165) is 43.8 Å². The van der Waals surface area contributed by atoms with Gasteiger partial charge in [-0.05, 0) is 69.2 Å². The molecule has 1 saturated heterocycles. The average molecular weight is 531 g/mol. The van der Waals surface area contributed by atoms with Gasteiger partial charge in [0, 0.05) is 5.69 Å². The maximum Gasteiger partial charge on any atom is 0.339 e. The molecule has 0 atom stereocenters. The number of ether oxygens (including phenoxy) is 1. The molecule has 1 aliphatic rings. The van der Waals surface area contributed by atoms with E-state index < -0.39 is 29.6 Å². The second kappa shape index (κ2) is 10.1. The molecule has 1 N–H and O–H groups in total. The molecule has 5 rings (SSSR count). The Morgan fingerprint density at radius 1 is 0.973 bits per heavy atom. The van der Waals surface area contributed by atoms with E-state index in [-0.39, 0.29) is 21.2 Å². The lowest BCUT2D eigenvalue weighted by molar-refractivity contribution is -0.127. The molecular formula is C28H19ClN2O5S. The van der Waals surface area contributed by atoms with Crippen molar-refractivity contribution >= 4 is 79.7 Å². The van der Waals surface area contributed by atoms with Crippen molar-refractivity contribution < 1.29 is 23.9 Å². The Balaban J connectivity index is 1.41. The third kappa shape index (κ3) is 4.81. The lowest BCUT2D eigenvalue weighted by atomic mass is 9.96. The Morgan fingerprint density at radius 2 is 1.62 bits per heavy atom. The summed E-state index contributed by atoms with van der Waals surface area (Å²) in [5.41, 5.74) is 1.19. The fourth-order valence-corrected chi connectivity index (χ4v) is 5.20. The highest BCUT2D eigenvalue weighted by Gasteiger charge is 2.36. The molecule has 1 fully saturated rings. The molecule has 7 nitrogen and oxygen atoms in total. The maximum atomic E-state index is 13.2. The normalized spacial score (nSPS) is 14.5. The SMILES string of the molecule is COC(=O)c1cc(NC(=O)CN2C(=O)S/C(=C/c3c4ccccc4cc4ccccc34)C2=O)ccc1Cl. The third-order valence-corrected chi connectivity index (χ3v) is 7.16. The van der Waals surface area contributed by atoms with Gasteiger partial charge in [-0.2, -0.15) is 0 Å². The summed E-state index contributed by atoms with van der Waals surface area (Å²) in [6.07, 6.45) is 1.72. The third-order valence-electron chi connectivity index (χ3n) is 5.92. The number of imide groups is 1. The summed E-state index contributed by atoms with van der Waals surface area (Å²) in [5.74, 6) is -1.80. The van der Waals surface area contributed by atoms with Gasteiger partial charge in [-0.3, -0.25) is 19.3 Å². The number of halogens is 1. The Morgan fingerprint density at radius 3 is 2.27 bits per heavy atom. The van der Waals surface area contributed by atoms with Crippen molar-refractivity contribution in [3.8, 4) is 0 Å². The molecule has 0 unspecified atom stereocenters. The number of esters is 1. The Bertz CT molecular complexity index is 1590. The van der Waals surface area contributed by atoms with Gasteiger partial charge >= 0.3 is 5.97 Å². The van der Waals surface area contributed by atoms with Crippen LogP contribution in [0.2, 0.25) is 5.02 Å². The van der Waals surface area contributed by atoms with Gasteiger partial charge in [0.25, 0.3) is 11.1 Å². The molecule has 184 valence electrons. The van der Waals surface area contributed by atoms with Crippen molar-refractivity contribution in [3.63, 3.8) is 0 Å². The number of rotatable bonds is 5. The molecule has 9 heteroatoms. The highest BCUT2D eigenvalue weighted by molar-refractivity contribution is 8.18. The zero-order valence-electron chi connectivity index (χ0n) is 19.5. The smallest absolute Gasteiger partial charge is 0.339 e. The monoisotopic (exact) mass is 530 g/mol. The number of hydrogen-bond acceptors (Lipinski definition) is 6. The van der Waals surface area contributed by atoms with Crippen LogP contribution < -0.4 is 5.32 Å². The lowest BCUT2D eigenvalue weighted by Crippen LogP contribution is -2.36. The number of nitrogens with one attached hydrogen (secondary N) is 1. The van der Waals surface area contributed by atoms with Gasteiger partial charge in [0.05, 0.1) is 22.6 Å². The number of methoxy groups -OCH3 is 1. The quantitative estimate of drug-likeness (QED) is 0.190. The van der Waals surface area contributed by atoms with Gasteiger partial charge in [0.1, 0.15) is 6.54 Å². The summed E-state index contributed by atoms with van der Waals surface area (Å²) in [6.45, 7) is -0.478. The first kappa shape index (κ1) is 24.5. The summed E-state index contributed by atoms with van der Waals surface area (Å²) in [7, 11) is 1.22. The molecule has 0 aliphatic carbocycles. The van der Waals surface area contributed by atoms with Gasteiger partial charge < -0.3 is 10.1 Å². The summed E-state index contributed by atoms with van der Waals surface area (Å²) in [5, 5.41) is 6.15. The first-order valence-corrected chi connectivity index (χ1v) is 12.4. The number of hydrogen-bond donors (Lipinski definition) is 1. The highest BCUT2D eigenvalue weighted by Crippen LogP contribution is 2.36. The zero-order valence-corrected chi connectivity index (χ0v) is 21.1. The fourth-order valence-electron chi connectivity index (χ4n) is 4.19. The molecule has 4 aromatic rings. The fraction of sp³-hybridized carbons (Fsp3) is 0.0714. The van der Waals surface area contributed by atoms with E-state index in [9.17, 15) is 19.2 Å². The molecule has 0 saturated carbocycles. The van der Waals surface area contributed by atoms with E-state index in [1.54, 1.807) is 6.08 Å². The molecule has 37 heavy (non-hydrogen) atoms. The number of benzene rings is 4. The molecule has 1 aliphatic heterocycles. The summed E-state index contributed by atoms with van der Waals surface area (Å²) < 4.78 is 4.68. The van der Waals surface area contributed by atoms with Crippen LogP contribution in [0.3, 0.4) is 0 Å². The van der Waals surface area contributed by atoms with Crippen molar-refractivity contribution in [2.45, 2.75) is 0 Å². The molecule has 3 amide bonds. The number of carbonyl (C=O) groups excluding carboxylic acids is 4. The molecule has 1 heterocycles. The summed E-state index contributed by atoms with van der Waals surface area (Å²) in [4.78, 5) is 51.5. The van der Waals surface area contributed by atoms with Crippen LogP contribution in [0.1, 0.15) is 15.9 Å². The average Bonchev–Trinajstić information content (AvgIpc) is 3.16. The van der Waals surface area contributed by atoms with Crippen LogP contribution in [0.15, 0.2) is 77.7 Å². The van der Waals surface area contributed by atoms with Crippen LogP contribution >= 0.6 is 23.4 Å². The van der Waals surface area contributed by atoms with Crippen molar-refractivity contribution in [2.75, 3.05) is 19.0 Å². The molecule has 4 aromatic carbocycles. The lowest BCUT2D eigenvalue weighted by Gasteiger charge is -2.13. The van der Waals surface area contributed by atoms with Crippen LogP contribution in [0.25, 0.3) is 27.6 Å². The van der Waals surface area contributed by atoms with Gasteiger partial charge in [0.15, 0.2) is 0 Å². The van der Waals surface area contributed by atoms with E-state index in [0.29, 0.717) is 0 Å². The number of anilines is 1. The summed E-state index contributed by atoms with van der Waals surface area (Å²) in [6, 6.07) is 22.1. The van der Waals surface area contributed by atoms with Crippen LogP contribution in [0.4, 0.5) is 10.5 Å². The first-order valence-electron chi connectivity index (χ1n) is 11.2. The maximum absolute atomic E-state index is 13.2. The predicted octanol–water partition coefficient (Wildman–Crippen LogP) is 6.11. The molecular weight excluding hydrogens is 512 g/mol. The predicted molar refractivity (Wildman–Crippen MR) is 146 cm³/mol. The van der Waals surface area contributed by atoms with E-state index in [4.69, 9.17) is 11.6 Å². The van der Waals surface area contributed by atoms with E-state index >= 15 is 0 Å². The minimum atomic E-state index is -0.655. The van der Waals surface area contributed by atoms with Gasteiger partial charge in [-0.25, -0.2) is 4.79 Å². The Kier molecular flexibility index (Phi) is 6.69. The van der Waals surface area contributed by atoms with E-state index in [1.807, 2.05) is 48.5 Å². The van der Waals surface area contributed by atoms with Crippen LogP contribution in [-0.2, 0) is 14.3 Å². The van der Waals surface area contributed by atoms with Crippen molar-refractivity contribution in [2.24, 2.45) is 0 Å². The second-order valence-electron chi connectivity index (χ2n) is 8.23. The number of amides is 3. The number of carbonyl (C=O) groups is 4. The topological polar surface area (TPSA) is 92.8 Å². The standard InChI is InChI=1S/C28H19ClN2O5S/c1-36-27(34)22-13-18(10-11-23(22)29)30-25(32)15-31-26(33)24(37-28(31)35)14-21-19-8-4-2-6-16(19)12-17-7-3-5-9-20(17)21/h2-14H,15H2,1H3,(H,30,32)/b24-14+. The largest absolute Gasteiger partial charge is 0.465 e. The molecule has 0 spiro atoms. The molecule has 0 aromatic heterocycles. The van der Waals surface area contributed by atoms with Crippen LogP contribution in [0, 0.1) is 0 Å². The number of fused-ring (bicyclic) bond motifs is 2. The van der Waals surface area contributed by atoms with Crippen LogP contribution in [-0.4, -0.2) is 41.6 Å².